The Morgan fingerprint density at radius 3 is 2.55 bits per heavy atom. The van der Waals surface area contributed by atoms with Gasteiger partial charge in [-0.15, -0.1) is 11.6 Å². The summed E-state index contributed by atoms with van der Waals surface area (Å²) in [5.41, 5.74) is 1.37. The van der Waals surface area contributed by atoms with E-state index < -0.39 is 0 Å². The van der Waals surface area contributed by atoms with Crippen molar-refractivity contribution in [3.8, 4) is 0 Å². The maximum atomic E-state index is 13.5. The molecule has 1 aromatic carbocycles. The van der Waals surface area contributed by atoms with Crippen LogP contribution in [0.25, 0.3) is 0 Å². The first-order valence-corrected chi connectivity index (χ1v) is 8.57. The third-order valence-electron chi connectivity index (χ3n) is 4.53. The fraction of sp³-hybridized carbons (Fsp3) is 0.647. The van der Waals surface area contributed by atoms with Gasteiger partial charge in [0.15, 0.2) is 0 Å². The van der Waals surface area contributed by atoms with Crippen molar-refractivity contribution in [2.24, 2.45) is 17.3 Å². The van der Waals surface area contributed by atoms with E-state index in [0.29, 0.717) is 17.3 Å². The highest BCUT2D eigenvalue weighted by atomic mass is 79.9. The highest BCUT2D eigenvalue weighted by Crippen LogP contribution is 2.43. The molecule has 1 aliphatic rings. The number of rotatable bonds is 2. The van der Waals surface area contributed by atoms with Crippen LogP contribution in [-0.4, -0.2) is 5.38 Å². The second-order valence-corrected chi connectivity index (χ2v) is 8.61. The number of hydrogen-bond donors (Lipinski definition) is 0. The molecule has 1 aliphatic carbocycles. The maximum absolute atomic E-state index is 13.5. The van der Waals surface area contributed by atoms with E-state index in [4.69, 9.17) is 11.6 Å². The smallest absolute Gasteiger partial charge is 0.124 e. The van der Waals surface area contributed by atoms with E-state index in [9.17, 15) is 4.39 Å². The molecule has 0 heterocycles. The zero-order valence-corrected chi connectivity index (χ0v) is 14.8. The summed E-state index contributed by atoms with van der Waals surface area (Å²) in [7, 11) is 0. The molecule has 0 aromatic heterocycles. The fourth-order valence-electron chi connectivity index (χ4n) is 3.26. The molecule has 0 spiro atoms. The predicted octanol–water partition coefficient (Wildman–Crippen LogP) is 6.20. The molecule has 112 valence electrons. The highest BCUT2D eigenvalue weighted by Gasteiger charge is 2.35. The average molecular weight is 362 g/mol. The molecule has 0 aliphatic heterocycles. The SMILES string of the molecule is CC(C)(C)C1CCC(Cl)C(Cc2cc(F)cc(Br)c2)C1. The number of alkyl halides is 1. The van der Waals surface area contributed by atoms with E-state index in [2.05, 4.69) is 36.7 Å². The van der Waals surface area contributed by atoms with Gasteiger partial charge in [0.1, 0.15) is 5.82 Å². The van der Waals surface area contributed by atoms with Gasteiger partial charge in [0, 0.05) is 9.85 Å². The summed E-state index contributed by atoms with van der Waals surface area (Å²) >= 11 is 9.89. The lowest BCUT2D eigenvalue weighted by atomic mass is 9.68. The summed E-state index contributed by atoms with van der Waals surface area (Å²) < 4.78 is 14.3. The largest absolute Gasteiger partial charge is 0.207 e. The summed E-state index contributed by atoms with van der Waals surface area (Å²) in [5, 5.41) is 0.218. The van der Waals surface area contributed by atoms with Gasteiger partial charge in [-0.05, 0) is 66.7 Å². The molecule has 0 nitrogen and oxygen atoms in total. The van der Waals surface area contributed by atoms with Crippen LogP contribution >= 0.6 is 27.5 Å². The molecule has 0 saturated heterocycles. The van der Waals surface area contributed by atoms with E-state index in [1.54, 1.807) is 6.07 Å². The minimum Gasteiger partial charge on any atom is -0.207 e. The van der Waals surface area contributed by atoms with Crippen LogP contribution < -0.4 is 0 Å². The first-order valence-electron chi connectivity index (χ1n) is 7.35. The quantitative estimate of drug-likeness (QED) is 0.550. The van der Waals surface area contributed by atoms with Gasteiger partial charge in [0.2, 0.25) is 0 Å². The molecule has 1 aromatic rings. The molecule has 1 fully saturated rings. The second kappa shape index (κ2) is 6.36. The van der Waals surface area contributed by atoms with Crippen molar-refractivity contribution >= 4 is 27.5 Å². The van der Waals surface area contributed by atoms with E-state index in [-0.39, 0.29) is 11.2 Å². The van der Waals surface area contributed by atoms with Crippen LogP contribution in [0.4, 0.5) is 4.39 Å². The van der Waals surface area contributed by atoms with E-state index in [1.165, 1.54) is 12.5 Å². The summed E-state index contributed by atoms with van der Waals surface area (Å²) in [4.78, 5) is 0. The molecular weight excluding hydrogens is 339 g/mol. The molecular formula is C17H23BrClF. The Bertz CT molecular complexity index is 446. The van der Waals surface area contributed by atoms with Crippen molar-refractivity contribution in [2.45, 2.75) is 51.8 Å². The molecule has 3 heteroatoms. The lowest BCUT2D eigenvalue weighted by Gasteiger charge is -2.40. The van der Waals surface area contributed by atoms with Crippen molar-refractivity contribution in [3.63, 3.8) is 0 Å². The maximum Gasteiger partial charge on any atom is 0.124 e. The molecule has 3 unspecified atom stereocenters. The predicted molar refractivity (Wildman–Crippen MR) is 87.7 cm³/mol. The Kier molecular flexibility index (Phi) is 5.18. The van der Waals surface area contributed by atoms with Gasteiger partial charge in [-0.3, -0.25) is 0 Å². The molecule has 0 N–H and O–H groups in total. The van der Waals surface area contributed by atoms with Crippen LogP contribution in [0.2, 0.25) is 0 Å². The lowest BCUT2D eigenvalue weighted by Crippen LogP contribution is -2.33. The molecule has 1 saturated carbocycles. The van der Waals surface area contributed by atoms with Gasteiger partial charge in [0.25, 0.3) is 0 Å². The summed E-state index contributed by atoms with van der Waals surface area (Å²) in [6, 6.07) is 5.14. The Labute approximate surface area is 135 Å². The van der Waals surface area contributed by atoms with Crippen molar-refractivity contribution in [3.05, 3.63) is 34.1 Å². The zero-order chi connectivity index (χ0) is 14.9. The molecule has 20 heavy (non-hydrogen) atoms. The third kappa shape index (κ3) is 4.21. The second-order valence-electron chi connectivity index (χ2n) is 7.13. The van der Waals surface area contributed by atoms with Crippen LogP contribution in [0.5, 0.6) is 0 Å². The van der Waals surface area contributed by atoms with Gasteiger partial charge < -0.3 is 0 Å². The minimum absolute atomic E-state index is 0.177. The molecule has 2 rings (SSSR count). The first-order chi connectivity index (χ1) is 9.25. The Morgan fingerprint density at radius 2 is 1.95 bits per heavy atom. The van der Waals surface area contributed by atoms with Gasteiger partial charge in [-0.1, -0.05) is 36.7 Å². The topological polar surface area (TPSA) is 0 Å². The standard InChI is InChI=1S/C17H23BrClF/c1-17(2,3)13-4-5-16(19)12(9-13)6-11-7-14(18)10-15(20)8-11/h7-8,10,12-13,16H,4-6,9H2,1-3H3. The monoisotopic (exact) mass is 360 g/mol. The summed E-state index contributed by atoms with van der Waals surface area (Å²) in [6.45, 7) is 6.92. The minimum atomic E-state index is -0.177. The first kappa shape index (κ1) is 16.3. The van der Waals surface area contributed by atoms with Crippen molar-refractivity contribution in [2.75, 3.05) is 0 Å². The van der Waals surface area contributed by atoms with Crippen LogP contribution in [0.15, 0.2) is 22.7 Å². The summed E-state index contributed by atoms with van der Waals surface area (Å²) in [6.07, 6.45) is 4.30. The van der Waals surface area contributed by atoms with Crippen molar-refractivity contribution in [1.29, 1.82) is 0 Å². The molecule has 0 amide bonds. The van der Waals surface area contributed by atoms with Crippen LogP contribution in [0.1, 0.15) is 45.6 Å². The van der Waals surface area contributed by atoms with E-state index in [1.807, 2.05) is 6.07 Å². The Balaban J connectivity index is 2.10. The van der Waals surface area contributed by atoms with Crippen molar-refractivity contribution in [1.82, 2.24) is 0 Å². The van der Waals surface area contributed by atoms with Gasteiger partial charge in [0.05, 0.1) is 0 Å². The molecule has 3 atom stereocenters. The fourth-order valence-corrected chi connectivity index (χ4v) is 4.09. The Morgan fingerprint density at radius 1 is 1.25 bits per heavy atom. The van der Waals surface area contributed by atoms with Crippen molar-refractivity contribution < 1.29 is 4.39 Å². The number of benzene rings is 1. The lowest BCUT2D eigenvalue weighted by molar-refractivity contribution is 0.144. The number of halogens is 3. The van der Waals surface area contributed by atoms with Gasteiger partial charge in [-0.2, -0.15) is 0 Å². The summed E-state index contributed by atoms with van der Waals surface area (Å²) in [5.74, 6) is 0.978. The number of hydrogen-bond acceptors (Lipinski definition) is 0. The third-order valence-corrected chi connectivity index (χ3v) is 5.57. The van der Waals surface area contributed by atoms with Crippen LogP contribution in [-0.2, 0) is 6.42 Å². The van der Waals surface area contributed by atoms with Crippen LogP contribution in [0.3, 0.4) is 0 Å². The normalized spacial score (nSPS) is 27.6. The van der Waals surface area contributed by atoms with Gasteiger partial charge in [-0.25, -0.2) is 4.39 Å². The molecule has 0 bridgehead atoms. The average Bonchev–Trinajstić information content (AvgIpc) is 2.29. The van der Waals surface area contributed by atoms with Gasteiger partial charge >= 0.3 is 0 Å². The van der Waals surface area contributed by atoms with E-state index in [0.717, 1.165) is 29.3 Å². The zero-order valence-electron chi connectivity index (χ0n) is 12.4. The van der Waals surface area contributed by atoms with Crippen LogP contribution in [0, 0.1) is 23.1 Å². The molecule has 0 radical (unpaired) electrons. The Hall–Kier alpha value is -0.0800. The van der Waals surface area contributed by atoms with E-state index >= 15 is 0 Å². The highest BCUT2D eigenvalue weighted by molar-refractivity contribution is 9.10.